The minimum atomic E-state index is 0.463. The van der Waals surface area contributed by atoms with E-state index >= 15 is 0 Å². The van der Waals surface area contributed by atoms with Crippen LogP contribution in [0.5, 0.6) is 0 Å². The Kier molecular flexibility index (Phi) is 8.18. The maximum Gasteiger partial charge on any atom is 0.191 e. The zero-order valence-corrected chi connectivity index (χ0v) is 17.8. The lowest BCUT2D eigenvalue weighted by atomic mass is 10.1. The van der Waals surface area contributed by atoms with Crippen molar-refractivity contribution in [2.24, 2.45) is 4.99 Å². The Morgan fingerprint density at radius 3 is 2.64 bits per heavy atom. The molecule has 3 rings (SSSR count). The molecule has 0 aliphatic carbocycles. The van der Waals surface area contributed by atoms with Gasteiger partial charge in [-0.3, -0.25) is 4.99 Å². The Balaban J connectivity index is 1.47. The van der Waals surface area contributed by atoms with Crippen molar-refractivity contribution in [1.29, 1.82) is 0 Å². The average molecular weight is 401 g/mol. The normalized spacial score (nSPS) is 15.6. The molecule has 5 nitrogen and oxygen atoms in total. The van der Waals surface area contributed by atoms with Gasteiger partial charge in [-0.05, 0) is 47.9 Å². The molecule has 1 saturated heterocycles. The van der Waals surface area contributed by atoms with Gasteiger partial charge in [0.25, 0.3) is 0 Å². The third-order valence-electron chi connectivity index (χ3n) is 5.05. The Labute approximate surface area is 172 Å². The van der Waals surface area contributed by atoms with Gasteiger partial charge in [0.15, 0.2) is 5.96 Å². The van der Waals surface area contributed by atoms with Gasteiger partial charge in [-0.1, -0.05) is 31.2 Å². The predicted molar refractivity (Wildman–Crippen MR) is 119 cm³/mol. The van der Waals surface area contributed by atoms with Gasteiger partial charge in [-0.2, -0.15) is 0 Å². The lowest BCUT2D eigenvalue weighted by molar-refractivity contribution is 0.121. The summed E-state index contributed by atoms with van der Waals surface area (Å²) in [5.41, 5.74) is 2.50. The van der Waals surface area contributed by atoms with Crippen LogP contribution in [0.25, 0.3) is 0 Å². The number of guanidine groups is 1. The van der Waals surface area contributed by atoms with Crippen LogP contribution in [-0.4, -0.2) is 38.7 Å². The SMILES string of the molecule is CCCOCc1ccccc1CNC(=NC)NC1CCN(c2cccs2)CC1. The van der Waals surface area contributed by atoms with Crippen LogP contribution in [0.1, 0.15) is 37.3 Å². The van der Waals surface area contributed by atoms with E-state index in [4.69, 9.17) is 4.74 Å². The van der Waals surface area contributed by atoms with E-state index < -0.39 is 0 Å². The molecule has 1 aliphatic heterocycles. The molecule has 1 aromatic carbocycles. The van der Waals surface area contributed by atoms with Crippen molar-refractivity contribution >= 4 is 22.3 Å². The van der Waals surface area contributed by atoms with E-state index in [1.807, 2.05) is 18.4 Å². The zero-order chi connectivity index (χ0) is 19.6. The molecule has 0 unspecified atom stereocenters. The van der Waals surface area contributed by atoms with Crippen molar-refractivity contribution in [3.8, 4) is 0 Å². The monoisotopic (exact) mass is 400 g/mol. The van der Waals surface area contributed by atoms with E-state index in [1.165, 1.54) is 16.1 Å². The van der Waals surface area contributed by atoms with E-state index in [2.05, 4.69) is 69.2 Å². The number of anilines is 1. The van der Waals surface area contributed by atoms with E-state index in [0.29, 0.717) is 12.6 Å². The molecule has 0 spiro atoms. The lowest BCUT2D eigenvalue weighted by Crippen LogP contribution is -2.48. The first-order valence-corrected chi connectivity index (χ1v) is 11.1. The zero-order valence-electron chi connectivity index (χ0n) is 17.0. The van der Waals surface area contributed by atoms with E-state index in [9.17, 15) is 0 Å². The molecule has 28 heavy (non-hydrogen) atoms. The molecule has 0 bridgehead atoms. The number of nitrogens with one attached hydrogen (secondary N) is 2. The van der Waals surface area contributed by atoms with Gasteiger partial charge in [0.2, 0.25) is 0 Å². The standard InChI is InChI=1S/C22H32N4OS/c1-3-14-27-17-19-8-5-4-7-18(19)16-24-22(23-2)25-20-10-12-26(13-11-20)21-9-6-15-28-21/h4-9,15,20H,3,10-14,16-17H2,1-2H3,(H2,23,24,25). The number of rotatable bonds is 8. The topological polar surface area (TPSA) is 48.9 Å². The second kappa shape index (κ2) is 11.1. The molecule has 1 fully saturated rings. The van der Waals surface area contributed by atoms with Crippen molar-refractivity contribution < 1.29 is 4.74 Å². The highest BCUT2D eigenvalue weighted by Gasteiger charge is 2.20. The molecular formula is C22H32N4OS. The quantitative estimate of drug-likeness (QED) is 0.399. The average Bonchev–Trinajstić information content (AvgIpc) is 3.27. The van der Waals surface area contributed by atoms with Crippen LogP contribution in [0.2, 0.25) is 0 Å². The maximum absolute atomic E-state index is 5.73. The van der Waals surface area contributed by atoms with E-state index in [-0.39, 0.29) is 0 Å². The summed E-state index contributed by atoms with van der Waals surface area (Å²) in [7, 11) is 1.84. The molecular weight excluding hydrogens is 368 g/mol. The molecule has 2 aromatic rings. The fourth-order valence-electron chi connectivity index (χ4n) is 3.46. The minimum absolute atomic E-state index is 0.463. The molecule has 0 atom stereocenters. The van der Waals surface area contributed by atoms with Crippen LogP contribution in [0.3, 0.4) is 0 Å². The summed E-state index contributed by atoms with van der Waals surface area (Å²) in [6.07, 6.45) is 3.29. The summed E-state index contributed by atoms with van der Waals surface area (Å²) in [6, 6.07) is 13.2. The first kappa shape index (κ1) is 20.7. The Hall–Kier alpha value is -2.05. The van der Waals surface area contributed by atoms with Crippen LogP contribution in [0.15, 0.2) is 46.8 Å². The second-order valence-electron chi connectivity index (χ2n) is 7.10. The molecule has 2 N–H and O–H groups in total. The second-order valence-corrected chi connectivity index (χ2v) is 8.03. The van der Waals surface area contributed by atoms with Crippen LogP contribution in [-0.2, 0) is 17.9 Å². The fraction of sp³-hybridized carbons (Fsp3) is 0.500. The molecule has 152 valence electrons. The third kappa shape index (κ3) is 5.97. The molecule has 2 heterocycles. The Morgan fingerprint density at radius 2 is 1.96 bits per heavy atom. The molecule has 0 saturated carbocycles. The first-order chi connectivity index (χ1) is 13.8. The van der Waals surface area contributed by atoms with Crippen molar-refractivity contribution in [2.75, 3.05) is 31.6 Å². The van der Waals surface area contributed by atoms with Crippen LogP contribution in [0.4, 0.5) is 5.00 Å². The number of benzene rings is 1. The van der Waals surface area contributed by atoms with Gasteiger partial charge in [0.05, 0.1) is 11.6 Å². The Morgan fingerprint density at radius 1 is 1.18 bits per heavy atom. The summed E-state index contributed by atoms with van der Waals surface area (Å²) >= 11 is 1.82. The number of nitrogens with zero attached hydrogens (tertiary/aromatic N) is 2. The van der Waals surface area contributed by atoms with Crippen molar-refractivity contribution in [2.45, 2.75) is 45.4 Å². The number of ether oxygens (including phenoxy) is 1. The van der Waals surface area contributed by atoms with Gasteiger partial charge in [-0.15, -0.1) is 11.3 Å². The summed E-state index contributed by atoms with van der Waals surface area (Å²) in [6.45, 7) is 6.53. The van der Waals surface area contributed by atoms with Gasteiger partial charge < -0.3 is 20.3 Å². The Bertz CT molecular complexity index is 724. The van der Waals surface area contributed by atoms with Gasteiger partial charge in [0.1, 0.15) is 0 Å². The van der Waals surface area contributed by atoms with Gasteiger partial charge in [-0.25, -0.2) is 0 Å². The smallest absolute Gasteiger partial charge is 0.191 e. The van der Waals surface area contributed by atoms with Crippen LogP contribution < -0.4 is 15.5 Å². The summed E-state index contributed by atoms with van der Waals surface area (Å²) < 4.78 is 5.73. The lowest BCUT2D eigenvalue weighted by Gasteiger charge is -2.33. The molecule has 0 amide bonds. The molecule has 1 aromatic heterocycles. The van der Waals surface area contributed by atoms with Crippen molar-refractivity contribution in [3.63, 3.8) is 0 Å². The van der Waals surface area contributed by atoms with Gasteiger partial charge >= 0.3 is 0 Å². The predicted octanol–water partition coefficient (Wildman–Crippen LogP) is 4.01. The molecule has 1 aliphatic rings. The largest absolute Gasteiger partial charge is 0.377 e. The fourth-order valence-corrected chi connectivity index (χ4v) is 4.24. The first-order valence-electron chi connectivity index (χ1n) is 10.2. The highest BCUT2D eigenvalue weighted by atomic mass is 32.1. The van der Waals surface area contributed by atoms with Crippen LogP contribution in [0, 0.1) is 0 Å². The van der Waals surface area contributed by atoms with Gasteiger partial charge in [0, 0.05) is 39.3 Å². The van der Waals surface area contributed by atoms with E-state index in [0.717, 1.165) is 51.5 Å². The van der Waals surface area contributed by atoms with Crippen LogP contribution >= 0.6 is 11.3 Å². The number of aliphatic imine (C=N–C) groups is 1. The molecule has 0 radical (unpaired) electrons. The number of hydrogen-bond donors (Lipinski definition) is 2. The summed E-state index contributed by atoms with van der Waals surface area (Å²) in [5.74, 6) is 0.874. The molecule has 6 heteroatoms. The third-order valence-corrected chi connectivity index (χ3v) is 5.98. The summed E-state index contributed by atoms with van der Waals surface area (Å²) in [4.78, 5) is 6.90. The number of piperidine rings is 1. The highest BCUT2D eigenvalue weighted by Crippen LogP contribution is 2.24. The maximum atomic E-state index is 5.73. The van der Waals surface area contributed by atoms with E-state index in [1.54, 1.807) is 0 Å². The highest BCUT2D eigenvalue weighted by molar-refractivity contribution is 7.14. The minimum Gasteiger partial charge on any atom is -0.377 e. The summed E-state index contributed by atoms with van der Waals surface area (Å²) in [5, 5.41) is 10.6. The van der Waals surface area contributed by atoms with Crippen molar-refractivity contribution in [3.05, 3.63) is 52.9 Å². The number of thiophene rings is 1. The van der Waals surface area contributed by atoms with Crippen molar-refractivity contribution in [1.82, 2.24) is 10.6 Å². The number of hydrogen-bond acceptors (Lipinski definition) is 4.